The minimum Gasteiger partial charge on any atom is -0.342 e. The predicted octanol–water partition coefficient (Wildman–Crippen LogP) is 1.56. The van der Waals surface area contributed by atoms with Crippen LogP contribution in [0.4, 0.5) is 0 Å². The van der Waals surface area contributed by atoms with E-state index in [1.54, 1.807) is 6.20 Å². The third kappa shape index (κ3) is 3.19. The van der Waals surface area contributed by atoms with Gasteiger partial charge in [-0.25, -0.2) is 4.98 Å². The lowest BCUT2D eigenvalue weighted by Crippen LogP contribution is -2.47. The smallest absolute Gasteiger partial charge is 0.228 e. The summed E-state index contributed by atoms with van der Waals surface area (Å²) in [5, 5.41) is 0. The highest BCUT2D eigenvalue weighted by Gasteiger charge is 2.40. The van der Waals surface area contributed by atoms with Crippen molar-refractivity contribution in [2.45, 2.75) is 51.1 Å². The molecule has 0 N–H and O–H groups in total. The SMILES string of the molecule is Cn1ccnc1CN(C(=O)[C@@H]1CCCN(C(=O)C2CC2)C1)C1CC1. The minimum absolute atomic E-state index is 0.0395. The Morgan fingerprint density at radius 3 is 2.62 bits per heavy atom. The molecule has 1 saturated heterocycles. The number of carbonyl (C=O) groups excluding carboxylic acids is 2. The molecule has 24 heavy (non-hydrogen) atoms. The quantitative estimate of drug-likeness (QED) is 0.823. The molecule has 0 bridgehead atoms. The van der Waals surface area contributed by atoms with E-state index in [-0.39, 0.29) is 23.7 Å². The van der Waals surface area contributed by atoms with Gasteiger partial charge < -0.3 is 14.4 Å². The van der Waals surface area contributed by atoms with Crippen LogP contribution in [0.5, 0.6) is 0 Å². The van der Waals surface area contributed by atoms with Crippen molar-refractivity contribution < 1.29 is 9.59 Å². The number of imidazole rings is 1. The van der Waals surface area contributed by atoms with Crippen LogP contribution in [-0.4, -0.2) is 50.3 Å². The molecule has 2 saturated carbocycles. The zero-order chi connectivity index (χ0) is 16.7. The number of likely N-dealkylation sites (tertiary alicyclic amines) is 1. The lowest BCUT2D eigenvalue weighted by molar-refractivity contribution is -0.142. The molecule has 1 aliphatic heterocycles. The molecule has 6 nitrogen and oxygen atoms in total. The first-order chi connectivity index (χ1) is 11.6. The van der Waals surface area contributed by atoms with E-state index in [0.717, 1.165) is 50.9 Å². The van der Waals surface area contributed by atoms with Crippen molar-refractivity contribution in [2.75, 3.05) is 13.1 Å². The maximum absolute atomic E-state index is 13.1. The van der Waals surface area contributed by atoms with Crippen LogP contribution in [-0.2, 0) is 23.2 Å². The van der Waals surface area contributed by atoms with Crippen molar-refractivity contribution in [1.82, 2.24) is 19.4 Å². The van der Waals surface area contributed by atoms with E-state index >= 15 is 0 Å². The molecule has 0 aromatic carbocycles. The van der Waals surface area contributed by atoms with Gasteiger partial charge in [-0.1, -0.05) is 0 Å². The summed E-state index contributed by atoms with van der Waals surface area (Å²) >= 11 is 0. The molecule has 0 spiro atoms. The first-order valence-electron chi connectivity index (χ1n) is 9.19. The van der Waals surface area contributed by atoms with Crippen molar-refractivity contribution >= 4 is 11.8 Å². The van der Waals surface area contributed by atoms with Gasteiger partial charge in [-0.05, 0) is 38.5 Å². The van der Waals surface area contributed by atoms with Gasteiger partial charge in [0, 0.05) is 44.5 Å². The molecule has 6 heteroatoms. The second-order valence-electron chi connectivity index (χ2n) is 7.55. The fraction of sp³-hybridized carbons (Fsp3) is 0.722. The molecule has 0 unspecified atom stereocenters. The van der Waals surface area contributed by atoms with Crippen LogP contribution in [0.1, 0.15) is 44.3 Å². The molecule has 0 radical (unpaired) electrons. The van der Waals surface area contributed by atoms with Gasteiger partial charge in [-0.3, -0.25) is 9.59 Å². The summed E-state index contributed by atoms with van der Waals surface area (Å²) in [6.07, 6.45) is 9.78. The van der Waals surface area contributed by atoms with Gasteiger partial charge in [0.25, 0.3) is 0 Å². The Balaban J connectivity index is 1.43. The van der Waals surface area contributed by atoms with E-state index < -0.39 is 0 Å². The number of carbonyl (C=O) groups is 2. The van der Waals surface area contributed by atoms with Crippen molar-refractivity contribution in [2.24, 2.45) is 18.9 Å². The van der Waals surface area contributed by atoms with Crippen LogP contribution < -0.4 is 0 Å². The molecular formula is C18H26N4O2. The first kappa shape index (κ1) is 15.7. The highest BCUT2D eigenvalue weighted by molar-refractivity contribution is 5.83. The zero-order valence-corrected chi connectivity index (χ0v) is 14.4. The lowest BCUT2D eigenvalue weighted by atomic mass is 9.96. The Bertz CT molecular complexity index is 633. The van der Waals surface area contributed by atoms with Gasteiger partial charge >= 0.3 is 0 Å². The van der Waals surface area contributed by atoms with E-state index in [0.29, 0.717) is 19.1 Å². The molecule has 2 amide bonds. The van der Waals surface area contributed by atoms with E-state index in [4.69, 9.17) is 0 Å². The maximum Gasteiger partial charge on any atom is 0.228 e. The van der Waals surface area contributed by atoms with Crippen LogP contribution in [0.25, 0.3) is 0 Å². The number of rotatable bonds is 5. The van der Waals surface area contributed by atoms with Crippen LogP contribution in [0, 0.1) is 11.8 Å². The number of nitrogens with zero attached hydrogens (tertiary/aromatic N) is 4. The summed E-state index contributed by atoms with van der Waals surface area (Å²) in [6, 6.07) is 0.365. The summed E-state index contributed by atoms with van der Waals surface area (Å²) in [5.74, 6) is 1.62. The van der Waals surface area contributed by atoms with E-state index in [2.05, 4.69) is 4.98 Å². The molecule has 1 aromatic rings. The number of aryl methyl sites for hydroxylation is 1. The van der Waals surface area contributed by atoms with E-state index in [1.165, 1.54) is 0 Å². The normalized spacial score (nSPS) is 24.0. The highest BCUT2D eigenvalue weighted by atomic mass is 16.2. The van der Waals surface area contributed by atoms with Gasteiger partial charge in [0.05, 0.1) is 12.5 Å². The molecule has 3 fully saturated rings. The Morgan fingerprint density at radius 2 is 2.00 bits per heavy atom. The van der Waals surface area contributed by atoms with Gasteiger partial charge in [-0.15, -0.1) is 0 Å². The molecule has 1 aromatic heterocycles. The van der Waals surface area contributed by atoms with Gasteiger partial charge in [0.1, 0.15) is 5.82 Å². The molecule has 3 aliphatic rings. The third-order valence-corrected chi connectivity index (χ3v) is 5.51. The molecule has 130 valence electrons. The Labute approximate surface area is 142 Å². The average molecular weight is 330 g/mol. The standard InChI is InChI=1S/C18H26N4O2/c1-20-10-8-19-16(20)12-22(15-6-7-15)18(24)14-3-2-9-21(11-14)17(23)13-4-5-13/h8,10,13-15H,2-7,9,11-12H2,1H3/t14-/m1/s1. The largest absolute Gasteiger partial charge is 0.342 e. The fourth-order valence-corrected chi connectivity index (χ4v) is 3.68. The van der Waals surface area contributed by atoms with Crippen LogP contribution in [0.3, 0.4) is 0 Å². The minimum atomic E-state index is -0.0395. The Hall–Kier alpha value is -1.85. The Morgan fingerprint density at radius 1 is 1.21 bits per heavy atom. The molecule has 2 aliphatic carbocycles. The highest BCUT2D eigenvalue weighted by Crippen LogP contribution is 2.34. The van der Waals surface area contributed by atoms with Gasteiger partial charge in [0.15, 0.2) is 0 Å². The number of aromatic nitrogens is 2. The third-order valence-electron chi connectivity index (χ3n) is 5.51. The summed E-state index contributed by atoms with van der Waals surface area (Å²) < 4.78 is 1.98. The Kier molecular flexibility index (Phi) is 4.06. The van der Waals surface area contributed by atoms with Crippen LogP contribution >= 0.6 is 0 Å². The number of hydrogen-bond donors (Lipinski definition) is 0. The summed E-state index contributed by atoms with van der Waals surface area (Å²) in [5.41, 5.74) is 0. The summed E-state index contributed by atoms with van der Waals surface area (Å²) in [6.45, 7) is 2.01. The average Bonchev–Trinajstić information content (AvgIpc) is 3.51. The fourth-order valence-electron chi connectivity index (χ4n) is 3.68. The predicted molar refractivity (Wildman–Crippen MR) is 88.8 cm³/mol. The summed E-state index contributed by atoms with van der Waals surface area (Å²) in [4.78, 5) is 33.8. The van der Waals surface area contributed by atoms with Crippen molar-refractivity contribution in [3.8, 4) is 0 Å². The van der Waals surface area contributed by atoms with E-state index in [1.807, 2.05) is 27.6 Å². The lowest BCUT2D eigenvalue weighted by Gasteiger charge is -2.35. The van der Waals surface area contributed by atoms with Crippen molar-refractivity contribution in [3.05, 3.63) is 18.2 Å². The molecular weight excluding hydrogens is 304 g/mol. The summed E-state index contributed by atoms with van der Waals surface area (Å²) in [7, 11) is 1.97. The van der Waals surface area contributed by atoms with Crippen molar-refractivity contribution in [3.63, 3.8) is 0 Å². The van der Waals surface area contributed by atoms with Gasteiger partial charge in [0.2, 0.25) is 11.8 Å². The zero-order valence-electron chi connectivity index (χ0n) is 14.4. The monoisotopic (exact) mass is 330 g/mol. The number of hydrogen-bond acceptors (Lipinski definition) is 3. The van der Waals surface area contributed by atoms with Crippen LogP contribution in [0.2, 0.25) is 0 Å². The number of piperidine rings is 1. The second kappa shape index (κ2) is 6.22. The molecule has 2 heterocycles. The topological polar surface area (TPSA) is 58.4 Å². The molecule has 4 rings (SSSR count). The van der Waals surface area contributed by atoms with E-state index in [9.17, 15) is 9.59 Å². The number of amides is 2. The molecule has 1 atom stereocenters. The maximum atomic E-state index is 13.1. The van der Waals surface area contributed by atoms with Gasteiger partial charge in [-0.2, -0.15) is 0 Å². The first-order valence-corrected chi connectivity index (χ1v) is 9.19. The van der Waals surface area contributed by atoms with Crippen LogP contribution in [0.15, 0.2) is 12.4 Å². The second-order valence-corrected chi connectivity index (χ2v) is 7.55. The van der Waals surface area contributed by atoms with Crippen molar-refractivity contribution in [1.29, 1.82) is 0 Å².